The SMILES string of the molecule is CC(C)(Sc1cnc(NC(=O)N(C2CCCCCC2)C2CCC(C3C=CC=CC3)CC2)s1)C(=O)O. The Kier molecular flexibility index (Phi) is 8.97. The normalized spacial score (nSPS) is 25.7. The molecule has 2 fully saturated rings. The summed E-state index contributed by atoms with van der Waals surface area (Å²) in [5, 5.41) is 13.0. The Morgan fingerprint density at radius 3 is 2.37 bits per heavy atom. The number of carboxylic acid groups (broad SMARTS) is 1. The summed E-state index contributed by atoms with van der Waals surface area (Å²) >= 11 is 2.62. The Labute approximate surface area is 217 Å². The molecule has 192 valence electrons. The first-order chi connectivity index (χ1) is 16.8. The highest BCUT2D eigenvalue weighted by molar-refractivity contribution is 8.03. The van der Waals surface area contributed by atoms with E-state index in [0.717, 1.165) is 36.3 Å². The summed E-state index contributed by atoms with van der Waals surface area (Å²) in [6, 6.07) is 0.526. The lowest BCUT2D eigenvalue weighted by molar-refractivity contribution is -0.138. The van der Waals surface area contributed by atoms with Gasteiger partial charge in [0.05, 0.1) is 10.4 Å². The van der Waals surface area contributed by atoms with E-state index < -0.39 is 10.7 Å². The van der Waals surface area contributed by atoms with Gasteiger partial charge in [-0.3, -0.25) is 10.1 Å². The van der Waals surface area contributed by atoms with Gasteiger partial charge in [0.25, 0.3) is 0 Å². The number of allylic oxidation sites excluding steroid dienone is 4. The lowest BCUT2D eigenvalue weighted by Crippen LogP contribution is -2.50. The molecule has 0 radical (unpaired) electrons. The van der Waals surface area contributed by atoms with Crippen molar-refractivity contribution in [3.8, 4) is 0 Å². The second kappa shape index (κ2) is 12.0. The van der Waals surface area contributed by atoms with Gasteiger partial charge in [-0.15, -0.1) is 0 Å². The van der Waals surface area contributed by atoms with Crippen LogP contribution in [0.2, 0.25) is 0 Å². The van der Waals surface area contributed by atoms with Crippen molar-refractivity contribution >= 4 is 40.2 Å². The fraction of sp³-hybridized carbons (Fsp3) is 0.667. The molecule has 3 aliphatic rings. The highest BCUT2D eigenvalue weighted by atomic mass is 32.2. The van der Waals surface area contributed by atoms with Crippen molar-refractivity contribution in [3.63, 3.8) is 0 Å². The molecule has 35 heavy (non-hydrogen) atoms. The molecule has 2 amide bonds. The highest BCUT2D eigenvalue weighted by Crippen LogP contribution is 2.39. The van der Waals surface area contributed by atoms with Gasteiger partial charge in [0.1, 0.15) is 4.75 Å². The second-order valence-corrected chi connectivity index (χ2v) is 13.6. The molecule has 1 heterocycles. The van der Waals surface area contributed by atoms with Crippen molar-refractivity contribution < 1.29 is 14.7 Å². The predicted molar refractivity (Wildman–Crippen MR) is 144 cm³/mol. The first-order valence-electron chi connectivity index (χ1n) is 13.1. The molecule has 8 heteroatoms. The van der Waals surface area contributed by atoms with Crippen molar-refractivity contribution in [2.75, 3.05) is 5.32 Å². The van der Waals surface area contributed by atoms with Gasteiger partial charge in [0.2, 0.25) is 0 Å². The molecule has 1 aromatic rings. The quantitative estimate of drug-likeness (QED) is 0.292. The maximum atomic E-state index is 13.7. The van der Waals surface area contributed by atoms with Crippen LogP contribution in [-0.2, 0) is 4.79 Å². The molecule has 3 aliphatic carbocycles. The molecular weight excluding hydrogens is 478 g/mol. The zero-order chi connectivity index (χ0) is 24.8. The van der Waals surface area contributed by atoms with Crippen molar-refractivity contribution in [1.82, 2.24) is 9.88 Å². The zero-order valence-electron chi connectivity index (χ0n) is 20.9. The van der Waals surface area contributed by atoms with Crippen LogP contribution < -0.4 is 5.32 Å². The summed E-state index contributed by atoms with van der Waals surface area (Å²) in [6.45, 7) is 3.36. The van der Waals surface area contributed by atoms with Gasteiger partial charge in [-0.1, -0.05) is 73.1 Å². The molecule has 4 rings (SSSR count). The third kappa shape index (κ3) is 6.91. The van der Waals surface area contributed by atoms with Gasteiger partial charge in [-0.2, -0.15) is 0 Å². The number of rotatable bonds is 7. The molecule has 0 aliphatic heterocycles. The Balaban J connectivity index is 1.43. The number of nitrogens with one attached hydrogen (secondary N) is 1. The van der Waals surface area contributed by atoms with E-state index in [4.69, 9.17) is 0 Å². The fourth-order valence-corrected chi connectivity index (χ4v) is 8.00. The lowest BCUT2D eigenvalue weighted by atomic mass is 9.75. The van der Waals surface area contributed by atoms with Gasteiger partial charge in [-0.05, 0) is 70.6 Å². The molecule has 1 aromatic heterocycles. The Morgan fingerprint density at radius 1 is 1.06 bits per heavy atom. The Hall–Kier alpha value is -1.80. The monoisotopic (exact) mass is 517 g/mol. The van der Waals surface area contributed by atoms with Gasteiger partial charge in [0, 0.05) is 12.1 Å². The third-order valence-corrected chi connectivity index (χ3v) is 9.97. The molecule has 2 saturated carbocycles. The standard InChI is InChI=1S/C27H39N3O3S2/c1-27(2,24(31)32)35-23-18-28-25(34-23)29-26(33)30(21-12-8-3-4-9-13-21)22-16-14-20(15-17-22)19-10-6-5-7-11-19/h5-7,10,18-22H,3-4,8-9,11-17H2,1-2H3,(H,31,32)(H,28,29,33). The number of thioether (sulfide) groups is 1. The Morgan fingerprint density at radius 2 is 1.74 bits per heavy atom. The number of urea groups is 1. The number of carboxylic acids is 1. The zero-order valence-corrected chi connectivity index (χ0v) is 22.6. The molecule has 0 saturated heterocycles. The largest absolute Gasteiger partial charge is 0.480 e. The van der Waals surface area contributed by atoms with E-state index in [0.29, 0.717) is 17.0 Å². The van der Waals surface area contributed by atoms with E-state index >= 15 is 0 Å². The number of aliphatic carboxylic acids is 1. The van der Waals surface area contributed by atoms with E-state index in [1.165, 1.54) is 61.6 Å². The molecule has 0 aromatic carbocycles. The molecule has 2 N–H and O–H groups in total. The topological polar surface area (TPSA) is 82.5 Å². The summed E-state index contributed by atoms with van der Waals surface area (Å²) in [5.41, 5.74) is 0. The first-order valence-corrected chi connectivity index (χ1v) is 14.8. The van der Waals surface area contributed by atoms with Gasteiger partial charge >= 0.3 is 12.0 Å². The van der Waals surface area contributed by atoms with Crippen LogP contribution in [0.1, 0.15) is 84.5 Å². The van der Waals surface area contributed by atoms with Crippen LogP contribution in [0.25, 0.3) is 0 Å². The average molecular weight is 518 g/mol. The van der Waals surface area contributed by atoms with Crippen molar-refractivity contribution in [1.29, 1.82) is 0 Å². The number of amides is 2. The van der Waals surface area contributed by atoms with E-state index in [1.54, 1.807) is 20.0 Å². The van der Waals surface area contributed by atoms with Gasteiger partial charge in [-0.25, -0.2) is 9.78 Å². The van der Waals surface area contributed by atoms with Crippen LogP contribution in [0.5, 0.6) is 0 Å². The maximum absolute atomic E-state index is 13.7. The maximum Gasteiger partial charge on any atom is 0.324 e. The van der Waals surface area contributed by atoms with Crippen molar-refractivity contribution in [3.05, 3.63) is 30.5 Å². The smallest absolute Gasteiger partial charge is 0.324 e. The molecule has 1 unspecified atom stereocenters. The number of nitrogens with zero attached hydrogens (tertiary/aromatic N) is 2. The summed E-state index contributed by atoms with van der Waals surface area (Å²) in [7, 11) is 0. The predicted octanol–water partition coefficient (Wildman–Crippen LogP) is 7.35. The van der Waals surface area contributed by atoms with E-state index in [-0.39, 0.29) is 18.1 Å². The minimum Gasteiger partial charge on any atom is -0.480 e. The van der Waals surface area contributed by atoms with Crippen molar-refractivity contribution in [2.45, 2.75) is 106 Å². The van der Waals surface area contributed by atoms with Gasteiger partial charge in [0.15, 0.2) is 5.13 Å². The molecule has 0 bridgehead atoms. The van der Waals surface area contributed by atoms with Crippen LogP contribution >= 0.6 is 23.1 Å². The highest BCUT2D eigenvalue weighted by Gasteiger charge is 2.36. The number of carbonyl (C=O) groups excluding carboxylic acids is 1. The van der Waals surface area contributed by atoms with Gasteiger partial charge < -0.3 is 10.0 Å². The first kappa shape index (κ1) is 26.3. The molecular formula is C27H39N3O3S2. The number of anilines is 1. The fourth-order valence-electron chi connectivity index (χ4n) is 5.74. The minimum atomic E-state index is -0.942. The summed E-state index contributed by atoms with van der Waals surface area (Å²) in [5.74, 6) is 0.487. The van der Waals surface area contributed by atoms with Crippen molar-refractivity contribution in [2.24, 2.45) is 11.8 Å². The lowest BCUT2D eigenvalue weighted by Gasteiger charge is -2.42. The second-order valence-electron chi connectivity index (χ2n) is 10.7. The van der Waals surface area contributed by atoms with Crippen LogP contribution in [0.15, 0.2) is 34.7 Å². The van der Waals surface area contributed by atoms with E-state index in [1.807, 2.05) is 0 Å². The number of carbonyl (C=O) groups is 2. The average Bonchev–Trinajstić information content (AvgIpc) is 3.10. The summed E-state index contributed by atoms with van der Waals surface area (Å²) < 4.78 is -0.147. The molecule has 1 atom stereocenters. The Bertz CT molecular complexity index is 926. The molecule has 6 nitrogen and oxygen atoms in total. The third-order valence-electron chi connectivity index (χ3n) is 7.78. The number of thiazole rings is 1. The summed E-state index contributed by atoms with van der Waals surface area (Å²) in [6.07, 6.45) is 23.3. The molecule has 0 spiro atoms. The van der Waals surface area contributed by atoms with E-state index in [2.05, 4.69) is 39.5 Å². The van der Waals surface area contributed by atoms with E-state index in [9.17, 15) is 14.7 Å². The van der Waals surface area contributed by atoms with Crippen LogP contribution in [-0.4, -0.2) is 43.8 Å². The van der Waals surface area contributed by atoms with Crippen LogP contribution in [0, 0.1) is 11.8 Å². The number of hydrogen-bond acceptors (Lipinski definition) is 5. The van der Waals surface area contributed by atoms with Crippen LogP contribution in [0.3, 0.4) is 0 Å². The number of aromatic nitrogens is 1. The summed E-state index contributed by atoms with van der Waals surface area (Å²) in [4.78, 5) is 31.7. The number of hydrogen-bond donors (Lipinski definition) is 2. The minimum absolute atomic E-state index is 0.0377. The van der Waals surface area contributed by atoms with Crippen LogP contribution in [0.4, 0.5) is 9.93 Å².